The highest BCUT2D eigenvalue weighted by atomic mass is 19.4. The second-order valence-electron chi connectivity index (χ2n) is 18.1. The SMILES string of the molecule is CC1CC(N(c2ccc(-c3ccc4[nH]c5ccc(C6=CCC(C)(N(C7=CC=C(C(F)(F)F)CC7)c7ccc(C(F)(F)F)cc7)C=C6)cc5c4c3)cc2)c2ccc(C(F)(F)F)cc2)CC=C1C(F)(F)F. The van der Waals surface area contributed by atoms with Gasteiger partial charge in [0.05, 0.1) is 16.7 Å². The zero-order chi connectivity index (χ0) is 49.3. The van der Waals surface area contributed by atoms with Gasteiger partial charge in [-0.05, 0) is 158 Å². The van der Waals surface area contributed by atoms with E-state index >= 15 is 0 Å². The molecule has 5 aromatic carbocycles. The normalized spacial score (nSPS) is 20.4. The molecule has 0 amide bonds. The first-order valence-electron chi connectivity index (χ1n) is 22.2. The average molecular weight is 962 g/mol. The number of hydrogen-bond acceptors (Lipinski definition) is 2. The average Bonchev–Trinajstić information content (AvgIpc) is 3.66. The number of rotatable bonds is 8. The summed E-state index contributed by atoms with van der Waals surface area (Å²) in [6.07, 6.45) is -8.36. The monoisotopic (exact) mass is 961 g/mol. The molecule has 9 rings (SSSR count). The third-order valence-electron chi connectivity index (χ3n) is 13.4. The Labute approximate surface area is 389 Å². The molecule has 3 aliphatic rings. The standard InChI is InChI=1S/C54H43F12N3/c1-32-29-44(21-22-47(32)54(64,65)66)68(41-15-7-37(8-16-41)51(55,56)57)40-13-3-33(4-14-40)35-5-23-48-45(30-35)46-31-36(6-24-49(46)67-48)34-25-27-50(2,28-26-34)69(42-17-9-38(10-18-42)52(58,59)60)43-19-11-39(12-20-43)53(61,62)63/h3-11,13-19,22-27,30-32,44,67H,12,20-21,28-29H2,1-2H3. The van der Waals surface area contributed by atoms with Crippen molar-refractivity contribution in [3.05, 3.63) is 179 Å². The number of aromatic nitrogens is 1. The van der Waals surface area contributed by atoms with Crippen molar-refractivity contribution >= 4 is 44.4 Å². The van der Waals surface area contributed by atoms with Crippen molar-refractivity contribution in [1.82, 2.24) is 4.98 Å². The van der Waals surface area contributed by atoms with Crippen molar-refractivity contribution in [2.45, 2.75) is 82.2 Å². The molecule has 69 heavy (non-hydrogen) atoms. The third kappa shape index (κ3) is 9.56. The number of hydrogen-bond donors (Lipinski definition) is 1. The molecule has 1 aromatic heterocycles. The molecule has 3 nitrogen and oxygen atoms in total. The van der Waals surface area contributed by atoms with E-state index in [0.717, 1.165) is 74.4 Å². The summed E-state index contributed by atoms with van der Waals surface area (Å²) < 4.78 is 163. The summed E-state index contributed by atoms with van der Waals surface area (Å²) in [5.41, 5.74) is 3.30. The largest absolute Gasteiger partial charge is 0.416 e. The van der Waals surface area contributed by atoms with Gasteiger partial charge in [0.2, 0.25) is 0 Å². The molecule has 0 aliphatic heterocycles. The summed E-state index contributed by atoms with van der Waals surface area (Å²) in [6.45, 7) is 3.39. The fourth-order valence-electron chi connectivity index (χ4n) is 9.89. The smallest absolute Gasteiger partial charge is 0.355 e. The van der Waals surface area contributed by atoms with Gasteiger partial charge in [0.15, 0.2) is 0 Å². The summed E-state index contributed by atoms with van der Waals surface area (Å²) >= 11 is 0. The van der Waals surface area contributed by atoms with Gasteiger partial charge in [-0.2, -0.15) is 52.7 Å². The molecule has 358 valence electrons. The highest BCUT2D eigenvalue weighted by Gasteiger charge is 2.42. The number of alkyl halides is 12. The van der Waals surface area contributed by atoms with E-state index in [1.165, 1.54) is 43.3 Å². The number of fused-ring (bicyclic) bond motifs is 3. The summed E-state index contributed by atoms with van der Waals surface area (Å²) in [6, 6.07) is 28.0. The van der Waals surface area contributed by atoms with Crippen molar-refractivity contribution in [3.8, 4) is 11.1 Å². The molecule has 0 bridgehead atoms. The Balaban J connectivity index is 1.00. The molecule has 0 spiro atoms. The number of H-pyrrole nitrogens is 1. The number of nitrogens with one attached hydrogen (secondary N) is 1. The lowest BCUT2D eigenvalue weighted by Crippen LogP contribution is -2.45. The van der Waals surface area contributed by atoms with Crippen LogP contribution in [0.15, 0.2) is 162 Å². The molecule has 1 N–H and O–H groups in total. The van der Waals surface area contributed by atoms with Crippen LogP contribution < -0.4 is 9.80 Å². The molecule has 0 saturated heterocycles. The number of benzene rings is 5. The van der Waals surface area contributed by atoms with E-state index < -0.39 is 64.5 Å². The van der Waals surface area contributed by atoms with Crippen molar-refractivity contribution in [1.29, 1.82) is 0 Å². The Morgan fingerprint density at radius 1 is 0.565 bits per heavy atom. The van der Waals surface area contributed by atoms with Crippen LogP contribution in [0, 0.1) is 5.92 Å². The van der Waals surface area contributed by atoms with Crippen LogP contribution in [0.3, 0.4) is 0 Å². The van der Waals surface area contributed by atoms with Gasteiger partial charge in [-0.1, -0.05) is 61.6 Å². The Morgan fingerprint density at radius 2 is 1.10 bits per heavy atom. The maximum atomic E-state index is 13.8. The molecule has 3 unspecified atom stereocenters. The van der Waals surface area contributed by atoms with E-state index in [0.29, 0.717) is 29.2 Å². The van der Waals surface area contributed by atoms with Gasteiger partial charge in [-0.25, -0.2) is 0 Å². The fourth-order valence-corrected chi connectivity index (χ4v) is 9.89. The van der Waals surface area contributed by atoms with E-state index in [4.69, 9.17) is 0 Å². The second kappa shape index (κ2) is 17.4. The zero-order valence-corrected chi connectivity index (χ0v) is 37.0. The molecule has 0 radical (unpaired) electrons. The van der Waals surface area contributed by atoms with Gasteiger partial charge in [-0.15, -0.1) is 0 Å². The van der Waals surface area contributed by atoms with Gasteiger partial charge < -0.3 is 14.8 Å². The number of nitrogens with zero attached hydrogens (tertiary/aromatic N) is 2. The van der Waals surface area contributed by atoms with Gasteiger partial charge in [-0.3, -0.25) is 0 Å². The number of allylic oxidation sites excluding steroid dienone is 7. The number of anilines is 3. The Kier molecular flexibility index (Phi) is 12.0. The maximum absolute atomic E-state index is 13.8. The molecule has 0 fully saturated rings. The lowest BCUT2D eigenvalue weighted by molar-refractivity contribution is -0.138. The summed E-state index contributed by atoms with van der Waals surface area (Å²) in [5.74, 6) is -0.830. The van der Waals surface area contributed by atoms with Crippen LogP contribution in [-0.4, -0.2) is 28.9 Å². The molecule has 6 aromatic rings. The first kappa shape index (κ1) is 47.4. The molecule has 1 heterocycles. The Bertz CT molecular complexity index is 3050. The quantitative estimate of drug-likeness (QED) is 0.121. The Morgan fingerprint density at radius 3 is 1.59 bits per heavy atom. The van der Waals surface area contributed by atoms with Gasteiger partial charge in [0.1, 0.15) is 0 Å². The van der Waals surface area contributed by atoms with Crippen LogP contribution in [-0.2, 0) is 12.4 Å². The van der Waals surface area contributed by atoms with Crippen molar-refractivity contribution in [2.75, 3.05) is 9.80 Å². The van der Waals surface area contributed by atoms with Crippen LogP contribution in [0.2, 0.25) is 0 Å². The molecular formula is C54H43F12N3. The molecule has 0 saturated carbocycles. The highest BCUT2D eigenvalue weighted by Crippen LogP contribution is 2.45. The minimum atomic E-state index is -4.57. The van der Waals surface area contributed by atoms with Crippen LogP contribution >= 0.6 is 0 Å². The van der Waals surface area contributed by atoms with Crippen LogP contribution in [0.5, 0.6) is 0 Å². The predicted molar refractivity (Wildman–Crippen MR) is 247 cm³/mol. The third-order valence-corrected chi connectivity index (χ3v) is 13.4. The lowest BCUT2D eigenvalue weighted by Gasteiger charge is -2.44. The summed E-state index contributed by atoms with van der Waals surface area (Å²) in [4.78, 5) is 7.07. The zero-order valence-electron chi connectivity index (χ0n) is 37.0. The molecule has 15 heteroatoms. The minimum Gasteiger partial charge on any atom is -0.355 e. The molecular weight excluding hydrogens is 919 g/mol. The van der Waals surface area contributed by atoms with E-state index in [1.54, 1.807) is 4.90 Å². The van der Waals surface area contributed by atoms with Crippen molar-refractivity contribution in [2.24, 2.45) is 5.92 Å². The van der Waals surface area contributed by atoms with Crippen LogP contribution in [0.4, 0.5) is 69.7 Å². The molecule has 3 atom stereocenters. The lowest BCUT2D eigenvalue weighted by atomic mass is 9.84. The van der Waals surface area contributed by atoms with Gasteiger partial charge in [0, 0.05) is 61.8 Å². The van der Waals surface area contributed by atoms with E-state index in [-0.39, 0.29) is 25.7 Å². The summed E-state index contributed by atoms with van der Waals surface area (Å²) in [5, 5.41) is 1.83. The summed E-state index contributed by atoms with van der Waals surface area (Å²) in [7, 11) is 0. The topological polar surface area (TPSA) is 22.3 Å². The van der Waals surface area contributed by atoms with Crippen LogP contribution in [0.1, 0.15) is 62.6 Å². The minimum absolute atomic E-state index is 0.0313. The highest BCUT2D eigenvalue weighted by molar-refractivity contribution is 6.09. The predicted octanol–water partition coefficient (Wildman–Crippen LogP) is 17.2. The van der Waals surface area contributed by atoms with Crippen LogP contribution in [0.25, 0.3) is 38.5 Å². The molecule has 3 aliphatic carbocycles. The van der Waals surface area contributed by atoms with Gasteiger partial charge >= 0.3 is 24.7 Å². The van der Waals surface area contributed by atoms with E-state index in [2.05, 4.69) is 4.98 Å². The van der Waals surface area contributed by atoms with E-state index in [9.17, 15) is 52.7 Å². The number of aromatic amines is 1. The van der Waals surface area contributed by atoms with E-state index in [1.807, 2.05) is 90.7 Å². The van der Waals surface area contributed by atoms with Crippen molar-refractivity contribution < 1.29 is 52.7 Å². The number of halogens is 12. The Hall–Kier alpha value is -6.64. The van der Waals surface area contributed by atoms with Gasteiger partial charge in [0.25, 0.3) is 0 Å². The van der Waals surface area contributed by atoms with Crippen molar-refractivity contribution in [3.63, 3.8) is 0 Å². The second-order valence-corrected chi connectivity index (χ2v) is 18.1. The first-order valence-corrected chi connectivity index (χ1v) is 22.2. The first-order chi connectivity index (χ1) is 32.5. The fraction of sp³-hybridized carbons (Fsp3) is 0.259. The maximum Gasteiger partial charge on any atom is 0.416 e.